The number of hydrogen-bond donors (Lipinski definition) is 2. The van der Waals surface area contributed by atoms with Gasteiger partial charge in [0.15, 0.2) is 0 Å². The predicted molar refractivity (Wildman–Crippen MR) is 73.8 cm³/mol. The van der Waals surface area contributed by atoms with Crippen molar-refractivity contribution in [3.05, 3.63) is 28.2 Å². The highest BCUT2D eigenvalue weighted by Gasteiger charge is 2.11. The van der Waals surface area contributed by atoms with Gasteiger partial charge in [0.25, 0.3) is 0 Å². The summed E-state index contributed by atoms with van der Waals surface area (Å²) in [5.74, 6) is 0.453. The topological polar surface area (TPSA) is 55.1 Å². The minimum atomic E-state index is -0.331. The van der Waals surface area contributed by atoms with Gasteiger partial charge in [0, 0.05) is 4.90 Å². The number of likely N-dealkylation sites (N-methyl/N-ethyl adjacent to an activating group) is 1. The molecular weight excluding hydrogens is 279 g/mol. The average molecular weight is 293 g/mol. The van der Waals surface area contributed by atoms with Crippen LogP contribution in [0.4, 0.5) is 0 Å². The normalized spacial score (nSPS) is 12.4. The van der Waals surface area contributed by atoms with Gasteiger partial charge >= 0.3 is 0 Å². The van der Waals surface area contributed by atoms with Gasteiger partial charge < -0.3 is 11.1 Å². The minimum absolute atomic E-state index is 0.287. The lowest BCUT2D eigenvalue weighted by atomic mass is 10.2. The Balaban J connectivity index is 2.45. The lowest BCUT2D eigenvalue weighted by Gasteiger charge is -2.11. The van der Waals surface area contributed by atoms with Crippen LogP contribution in [0.15, 0.2) is 23.1 Å². The lowest BCUT2D eigenvalue weighted by molar-refractivity contribution is -0.119. The first kappa shape index (κ1) is 14.6. The fourth-order valence-corrected chi connectivity index (χ4v) is 2.61. The fourth-order valence-electron chi connectivity index (χ4n) is 1.29. The third-order valence-electron chi connectivity index (χ3n) is 2.26. The molecule has 0 aromatic heterocycles. The molecular formula is C11H14Cl2N2OS. The molecule has 0 bridgehead atoms. The van der Waals surface area contributed by atoms with E-state index in [-0.39, 0.29) is 11.9 Å². The molecule has 0 fully saturated rings. The van der Waals surface area contributed by atoms with Crippen molar-refractivity contribution in [3.63, 3.8) is 0 Å². The first-order chi connectivity index (χ1) is 8.04. The highest BCUT2D eigenvalue weighted by atomic mass is 35.5. The second kappa shape index (κ2) is 7.11. The molecule has 0 aliphatic heterocycles. The molecule has 0 aliphatic rings. The van der Waals surface area contributed by atoms with Gasteiger partial charge in [-0.1, -0.05) is 23.2 Å². The number of hydrogen-bond acceptors (Lipinski definition) is 3. The smallest absolute Gasteiger partial charge is 0.234 e. The number of carbonyl (C=O) groups is 1. The van der Waals surface area contributed by atoms with E-state index in [9.17, 15) is 4.79 Å². The van der Waals surface area contributed by atoms with Gasteiger partial charge in [0.05, 0.1) is 16.1 Å². The molecule has 1 amide bonds. The molecule has 0 radical (unpaired) electrons. The molecule has 17 heavy (non-hydrogen) atoms. The number of nitrogens with two attached hydrogens (primary N) is 1. The van der Waals surface area contributed by atoms with Gasteiger partial charge in [-0.2, -0.15) is 0 Å². The molecule has 3 N–H and O–H groups in total. The van der Waals surface area contributed by atoms with Crippen LogP contribution in [0.25, 0.3) is 0 Å². The van der Waals surface area contributed by atoms with E-state index in [0.717, 1.165) is 10.6 Å². The summed E-state index contributed by atoms with van der Waals surface area (Å²) in [6.07, 6.45) is 0.677. The summed E-state index contributed by atoms with van der Waals surface area (Å²) in [5, 5.41) is 3.95. The van der Waals surface area contributed by atoms with Gasteiger partial charge in [-0.15, -0.1) is 11.8 Å². The molecule has 3 nitrogen and oxygen atoms in total. The Morgan fingerprint density at radius 3 is 2.71 bits per heavy atom. The second-order valence-corrected chi connectivity index (χ2v) is 5.44. The van der Waals surface area contributed by atoms with Crippen molar-refractivity contribution in [2.24, 2.45) is 5.73 Å². The zero-order valence-corrected chi connectivity index (χ0v) is 11.7. The van der Waals surface area contributed by atoms with Crippen molar-refractivity contribution in [2.45, 2.75) is 17.4 Å². The predicted octanol–water partition coefficient (Wildman–Crippen LogP) is 2.55. The van der Waals surface area contributed by atoms with Crippen LogP contribution in [0.2, 0.25) is 10.0 Å². The van der Waals surface area contributed by atoms with Crippen molar-refractivity contribution in [1.29, 1.82) is 0 Å². The Kier molecular flexibility index (Phi) is 6.12. The number of thioether (sulfide) groups is 1. The van der Waals surface area contributed by atoms with Crippen LogP contribution in [0.3, 0.4) is 0 Å². The Morgan fingerprint density at radius 2 is 2.18 bits per heavy atom. The summed E-state index contributed by atoms with van der Waals surface area (Å²) in [6.45, 7) is 0. The van der Waals surface area contributed by atoms with Crippen LogP contribution in [0.1, 0.15) is 6.42 Å². The molecule has 1 unspecified atom stereocenters. The number of rotatable bonds is 6. The number of benzene rings is 1. The van der Waals surface area contributed by atoms with Crippen LogP contribution in [0, 0.1) is 0 Å². The lowest BCUT2D eigenvalue weighted by Crippen LogP contribution is -2.39. The molecule has 0 saturated carbocycles. The first-order valence-corrected chi connectivity index (χ1v) is 6.83. The third kappa shape index (κ3) is 4.76. The highest BCUT2D eigenvalue weighted by Crippen LogP contribution is 2.28. The number of halogens is 2. The molecule has 0 aliphatic carbocycles. The fraction of sp³-hybridized carbons (Fsp3) is 0.364. The van der Waals surface area contributed by atoms with E-state index in [0.29, 0.717) is 16.5 Å². The monoisotopic (exact) mass is 292 g/mol. The highest BCUT2D eigenvalue weighted by molar-refractivity contribution is 7.99. The summed E-state index contributed by atoms with van der Waals surface area (Å²) >= 11 is 13.3. The van der Waals surface area contributed by atoms with Crippen molar-refractivity contribution < 1.29 is 4.79 Å². The maximum atomic E-state index is 11.0. The SMILES string of the molecule is CNC(CCSc1ccc(Cl)c(Cl)c1)C(N)=O. The van der Waals surface area contributed by atoms with Gasteiger partial charge in [0.1, 0.15) is 0 Å². The maximum absolute atomic E-state index is 11.0. The van der Waals surface area contributed by atoms with Crippen LogP contribution >= 0.6 is 35.0 Å². The molecule has 94 valence electrons. The molecule has 1 aromatic rings. The summed E-state index contributed by atoms with van der Waals surface area (Å²) in [7, 11) is 1.72. The van der Waals surface area contributed by atoms with Crippen molar-refractivity contribution in [3.8, 4) is 0 Å². The number of nitrogens with one attached hydrogen (secondary N) is 1. The summed E-state index contributed by atoms with van der Waals surface area (Å²) < 4.78 is 0. The van der Waals surface area contributed by atoms with Gasteiger partial charge in [0.2, 0.25) is 5.91 Å². The Hall–Kier alpha value is -0.420. The first-order valence-electron chi connectivity index (χ1n) is 5.09. The van der Waals surface area contributed by atoms with Crippen molar-refractivity contribution >= 4 is 40.9 Å². The van der Waals surface area contributed by atoms with E-state index in [1.807, 2.05) is 12.1 Å². The maximum Gasteiger partial charge on any atom is 0.234 e. The van der Waals surface area contributed by atoms with E-state index in [4.69, 9.17) is 28.9 Å². The number of primary amides is 1. The van der Waals surface area contributed by atoms with Crippen LogP contribution in [-0.4, -0.2) is 24.7 Å². The number of carbonyl (C=O) groups excluding carboxylic acids is 1. The molecule has 0 saturated heterocycles. The molecule has 6 heteroatoms. The van der Waals surface area contributed by atoms with Gasteiger partial charge in [-0.3, -0.25) is 4.79 Å². The summed E-state index contributed by atoms with van der Waals surface area (Å²) in [4.78, 5) is 12.0. The molecule has 0 spiro atoms. The standard InChI is InChI=1S/C11H14Cl2N2OS/c1-15-10(11(14)16)4-5-17-7-2-3-8(12)9(13)6-7/h2-3,6,10,15H,4-5H2,1H3,(H2,14,16). The zero-order chi connectivity index (χ0) is 12.8. The van der Waals surface area contributed by atoms with Gasteiger partial charge in [-0.25, -0.2) is 0 Å². The van der Waals surface area contributed by atoms with Crippen LogP contribution in [0.5, 0.6) is 0 Å². The van der Waals surface area contributed by atoms with Gasteiger partial charge in [-0.05, 0) is 37.4 Å². The molecule has 1 aromatic carbocycles. The minimum Gasteiger partial charge on any atom is -0.368 e. The second-order valence-electron chi connectivity index (χ2n) is 3.46. The zero-order valence-electron chi connectivity index (χ0n) is 9.37. The summed E-state index contributed by atoms with van der Waals surface area (Å²) in [6, 6.07) is 5.19. The largest absolute Gasteiger partial charge is 0.368 e. The van der Waals surface area contributed by atoms with E-state index in [1.165, 1.54) is 0 Å². The van der Waals surface area contributed by atoms with E-state index in [1.54, 1.807) is 24.9 Å². The van der Waals surface area contributed by atoms with Crippen LogP contribution < -0.4 is 11.1 Å². The van der Waals surface area contributed by atoms with Crippen LogP contribution in [-0.2, 0) is 4.79 Å². The van der Waals surface area contributed by atoms with E-state index in [2.05, 4.69) is 5.32 Å². The molecule has 1 rings (SSSR count). The third-order valence-corrected chi connectivity index (χ3v) is 4.02. The Bertz CT molecular complexity index is 401. The van der Waals surface area contributed by atoms with E-state index >= 15 is 0 Å². The molecule has 0 heterocycles. The quantitative estimate of drug-likeness (QED) is 0.793. The Labute approximate surface area is 115 Å². The van der Waals surface area contributed by atoms with Crippen molar-refractivity contribution in [1.82, 2.24) is 5.32 Å². The van der Waals surface area contributed by atoms with E-state index < -0.39 is 0 Å². The molecule has 1 atom stereocenters. The Morgan fingerprint density at radius 1 is 1.47 bits per heavy atom. The average Bonchev–Trinajstić information content (AvgIpc) is 2.28. The number of amides is 1. The summed E-state index contributed by atoms with van der Waals surface area (Å²) in [5.41, 5.74) is 5.22. The van der Waals surface area contributed by atoms with Crippen molar-refractivity contribution in [2.75, 3.05) is 12.8 Å².